The van der Waals surface area contributed by atoms with Gasteiger partial charge in [-0.25, -0.2) is 13.8 Å². The molecule has 3 rings (SSSR count). The summed E-state index contributed by atoms with van der Waals surface area (Å²) in [6, 6.07) is 7.81. The molecular formula is C21H21ClF2N2OS. The normalized spacial score (nSPS) is 11.0. The van der Waals surface area contributed by atoms with Crippen LogP contribution in [0.3, 0.4) is 0 Å². The van der Waals surface area contributed by atoms with Crippen LogP contribution in [0.4, 0.5) is 19.6 Å². The average molecular weight is 423 g/mol. The molecule has 2 aromatic carbocycles. The maximum Gasteiger partial charge on any atom is 0.190 e. The minimum absolute atomic E-state index is 0.195. The topological polar surface area (TPSA) is 25.4 Å². The number of methoxy groups -OCH3 is 1. The van der Waals surface area contributed by atoms with Gasteiger partial charge in [0.1, 0.15) is 17.4 Å². The number of ether oxygens (including phenoxy) is 1. The molecule has 3 aromatic rings. The van der Waals surface area contributed by atoms with E-state index in [-0.39, 0.29) is 11.3 Å². The molecule has 0 amide bonds. The summed E-state index contributed by atoms with van der Waals surface area (Å²) in [5, 5.41) is 1.12. The van der Waals surface area contributed by atoms with E-state index in [1.807, 2.05) is 26.0 Å². The van der Waals surface area contributed by atoms with Gasteiger partial charge in [-0.3, -0.25) is 0 Å². The smallest absolute Gasteiger partial charge is 0.190 e. The first-order valence-corrected chi connectivity index (χ1v) is 10.1. The molecule has 0 unspecified atom stereocenters. The van der Waals surface area contributed by atoms with Crippen LogP contribution in [-0.4, -0.2) is 18.6 Å². The summed E-state index contributed by atoms with van der Waals surface area (Å²) in [4.78, 5) is 7.39. The summed E-state index contributed by atoms with van der Waals surface area (Å²) in [5.74, 6) is -0.250. The summed E-state index contributed by atoms with van der Waals surface area (Å²) in [5.41, 5.74) is 1.96. The predicted octanol–water partition coefficient (Wildman–Crippen LogP) is 6.92. The number of rotatable bonds is 6. The van der Waals surface area contributed by atoms with Gasteiger partial charge < -0.3 is 9.64 Å². The van der Waals surface area contributed by atoms with Crippen LogP contribution in [0.5, 0.6) is 5.75 Å². The van der Waals surface area contributed by atoms with Crippen molar-refractivity contribution >= 4 is 33.8 Å². The second kappa shape index (κ2) is 8.45. The Hall–Kier alpha value is -2.18. The Kier molecular flexibility index (Phi) is 6.20. The first-order chi connectivity index (χ1) is 13.3. The molecule has 0 aliphatic rings. The third-order valence-electron chi connectivity index (χ3n) is 4.39. The molecule has 0 atom stereocenters. The summed E-state index contributed by atoms with van der Waals surface area (Å²) in [7, 11) is 1.58. The molecule has 1 aromatic heterocycles. The first-order valence-electron chi connectivity index (χ1n) is 8.90. The molecule has 3 nitrogen and oxygen atoms in total. The largest absolute Gasteiger partial charge is 0.497 e. The van der Waals surface area contributed by atoms with Crippen LogP contribution < -0.4 is 9.64 Å². The summed E-state index contributed by atoms with van der Waals surface area (Å²) in [6.45, 7) is 6.00. The molecule has 0 saturated heterocycles. The summed E-state index contributed by atoms with van der Waals surface area (Å²) < 4.78 is 33.9. The van der Waals surface area contributed by atoms with Gasteiger partial charge >= 0.3 is 0 Å². The Balaban J connectivity index is 2.09. The van der Waals surface area contributed by atoms with Gasteiger partial charge in [-0.05, 0) is 50.1 Å². The van der Waals surface area contributed by atoms with Crippen molar-refractivity contribution in [1.82, 2.24) is 4.98 Å². The van der Waals surface area contributed by atoms with Crippen LogP contribution in [0.25, 0.3) is 11.3 Å². The quantitative estimate of drug-likeness (QED) is 0.431. The Morgan fingerprint density at radius 1 is 1.18 bits per heavy atom. The lowest BCUT2D eigenvalue weighted by Crippen LogP contribution is -2.19. The van der Waals surface area contributed by atoms with E-state index in [1.54, 1.807) is 25.0 Å². The molecule has 0 aliphatic heterocycles. The minimum Gasteiger partial charge on any atom is -0.497 e. The van der Waals surface area contributed by atoms with Gasteiger partial charge in [0, 0.05) is 23.1 Å². The lowest BCUT2D eigenvalue weighted by molar-refractivity contribution is 0.415. The van der Waals surface area contributed by atoms with Crippen molar-refractivity contribution in [3.8, 4) is 17.0 Å². The van der Waals surface area contributed by atoms with Gasteiger partial charge in [-0.2, -0.15) is 0 Å². The molecule has 148 valence electrons. The minimum atomic E-state index is -0.471. The highest BCUT2D eigenvalue weighted by Gasteiger charge is 2.22. The maximum atomic E-state index is 14.8. The highest BCUT2D eigenvalue weighted by atomic mass is 35.5. The second-order valence-electron chi connectivity index (χ2n) is 6.45. The van der Waals surface area contributed by atoms with Crippen LogP contribution in [-0.2, 0) is 0 Å². The number of aryl methyl sites for hydroxylation is 2. The van der Waals surface area contributed by atoms with Crippen LogP contribution in [0.1, 0.15) is 23.8 Å². The van der Waals surface area contributed by atoms with Crippen molar-refractivity contribution in [2.45, 2.75) is 27.2 Å². The monoisotopic (exact) mass is 422 g/mol. The number of nitrogens with zero attached hydrogens (tertiary/aromatic N) is 2. The van der Waals surface area contributed by atoms with E-state index in [0.29, 0.717) is 22.4 Å². The number of benzene rings is 2. The highest BCUT2D eigenvalue weighted by Crippen LogP contribution is 2.40. The fourth-order valence-corrected chi connectivity index (χ4v) is 4.23. The van der Waals surface area contributed by atoms with Crippen LogP contribution in [0.2, 0.25) is 5.02 Å². The van der Waals surface area contributed by atoms with Gasteiger partial charge in [0.25, 0.3) is 0 Å². The second-order valence-corrected chi connectivity index (χ2v) is 8.04. The zero-order valence-electron chi connectivity index (χ0n) is 16.1. The van der Waals surface area contributed by atoms with Crippen LogP contribution in [0.15, 0.2) is 30.3 Å². The molecule has 0 radical (unpaired) electrons. The van der Waals surface area contributed by atoms with Crippen LogP contribution in [0, 0.1) is 25.5 Å². The third-order valence-corrected chi connectivity index (χ3v) is 5.69. The Bertz CT molecular complexity index is 1010. The summed E-state index contributed by atoms with van der Waals surface area (Å²) >= 11 is 7.84. The van der Waals surface area contributed by atoms with Crippen molar-refractivity contribution < 1.29 is 13.5 Å². The molecule has 28 heavy (non-hydrogen) atoms. The molecule has 0 saturated carbocycles. The molecule has 1 heterocycles. The van der Waals surface area contributed by atoms with E-state index in [4.69, 9.17) is 21.3 Å². The average Bonchev–Trinajstić information content (AvgIpc) is 3.03. The fourth-order valence-electron chi connectivity index (χ4n) is 3.01. The van der Waals surface area contributed by atoms with Crippen molar-refractivity contribution in [2.24, 2.45) is 0 Å². The van der Waals surface area contributed by atoms with Gasteiger partial charge in [0.05, 0.1) is 23.5 Å². The lowest BCUT2D eigenvalue weighted by Gasteiger charge is -2.22. The number of hydrogen-bond donors (Lipinski definition) is 0. The molecule has 0 spiro atoms. The van der Waals surface area contributed by atoms with Crippen molar-refractivity contribution in [3.05, 3.63) is 57.4 Å². The predicted molar refractivity (Wildman–Crippen MR) is 112 cm³/mol. The number of thiazole rings is 1. The lowest BCUT2D eigenvalue weighted by atomic mass is 10.1. The van der Waals surface area contributed by atoms with Crippen molar-refractivity contribution in [1.29, 1.82) is 0 Å². The standard InChI is InChI=1S/C21H21ClF2N2OS/c1-5-8-26(18-10-14(23)9-12(2)19(18)24)21-25-20(13(3)28-21)16-7-6-15(27-4)11-17(16)22/h6-7,9-11H,5,8H2,1-4H3. The number of halogens is 3. The van der Waals surface area contributed by atoms with E-state index < -0.39 is 11.6 Å². The molecular weight excluding hydrogens is 402 g/mol. The fraction of sp³-hybridized carbons (Fsp3) is 0.286. The zero-order valence-corrected chi connectivity index (χ0v) is 17.7. The Labute approximate surface area is 172 Å². The summed E-state index contributed by atoms with van der Waals surface area (Å²) in [6.07, 6.45) is 0.756. The molecule has 0 aliphatic carbocycles. The van der Waals surface area contributed by atoms with Gasteiger partial charge in [-0.15, -0.1) is 11.3 Å². The van der Waals surface area contributed by atoms with E-state index in [9.17, 15) is 8.78 Å². The first kappa shape index (κ1) is 20.6. The highest BCUT2D eigenvalue weighted by molar-refractivity contribution is 7.16. The Morgan fingerprint density at radius 2 is 1.93 bits per heavy atom. The SMILES string of the molecule is CCCN(c1nc(-c2ccc(OC)cc2Cl)c(C)s1)c1cc(F)cc(C)c1F. The maximum absolute atomic E-state index is 14.8. The van der Waals surface area contributed by atoms with Crippen molar-refractivity contribution in [3.63, 3.8) is 0 Å². The van der Waals surface area contributed by atoms with Gasteiger partial charge in [0.2, 0.25) is 0 Å². The molecule has 0 fully saturated rings. The zero-order chi connectivity index (χ0) is 20.4. The van der Waals surface area contributed by atoms with E-state index in [1.165, 1.54) is 23.5 Å². The van der Waals surface area contributed by atoms with Gasteiger partial charge in [0.15, 0.2) is 5.13 Å². The molecule has 0 N–H and O–H groups in total. The Morgan fingerprint density at radius 3 is 2.57 bits per heavy atom. The molecule has 7 heteroatoms. The van der Waals surface area contributed by atoms with Gasteiger partial charge in [-0.1, -0.05) is 18.5 Å². The van der Waals surface area contributed by atoms with E-state index in [0.717, 1.165) is 22.6 Å². The van der Waals surface area contributed by atoms with E-state index in [2.05, 4.69) is 0 Å². The number of anilines is 2. The third kappa shape index (κ3) is 3.98. The van der Waals surface area contributed by atoms with Crippen LogP contribution >= 0.6 is 22.9 Å². The number of hydrogen-bond acceptors (Lipinski definition) is 4. The van der Waals surface area contributed by atoms with Crippen molar-refractivity contribution in [2.75, 3.05) is 18.6 Å². The van der Waals surface area contributed by atoms with E-state index >= 15 is 0 Å². The molecule has 0 bridgehead atoms. The number of aromatic nitrogens is 1.